The number of aliphatic hydroxyl groups excluding tert-OH is 1. The highest BCUT2D eigenvalue weighted by Gasteiger charge is 2.32. The molecule has 5 nitrogen and oxygen atoms in total. The molecule has 0 aliphatic heterocycles. The Morgan fingerprint density at radius 3 is 2.71 bits per heavy atom. The average molecular weight is 346 g/mol. The fourth-order valence-electron chi connectivity index (χ4n) is 2.40. The Labute approximate surface area is 138 Å². The van der Waals surface area contributed by atoms with Crippen LogP contribution < -0.4 is 15.4 Å². The van der Waals surface area contributed by atoms with Crippen molar-refractivity contribution in [2.75, 3.05) is 18.5 Å². The minimum Gasteiger partial charge on any atom is -0.482 e. The molecule has 1 atom stereocenters. The van der Waals surface area contributed by atoms with E-state index in [0.717, 1.165) is 12.8 Å². The van der Waals surface area contributed by atoms with Gasteiger partial charge < -0.3 is 20.5 Å². The van der Waals surface area contributed by atoms with E-state index in [1.807, 2.05) is 0 Å². The fourth-order valence-corrected chi connectivity index (χ4v) is 2.40. The quantitative estimate of drug-likeness (QED) is 0.710. The first kappa shape index (κ1) is 18.4. The lowest BCUT2D eigenvalue weighted by Gasteiger charge is -2.19. The van der Waals surface area contributed by atoms with Gasteiger partial charge in [-0.05, 0) is 49.8 Å². The number of hydrogen-bond donors (Lipinski definition) is 3. The van der Waals surface area contributed by atoms with Crippen LogP contribution in [-0.4, -0.2) is 36.6 Å². The molecule has 3 N–H and O–H groups in total. The molecule has 1 fully saturated rings. The fraction of sp³-hybridized carbons (Fsp3) is 0.562. The Morgan fingerprint density at radius 1 is 1.42 bits per heavy atom. The maximum atomic E-state index is 12.3. The van der Waals surface area contributed by atoms with Crippen molar-refractivity contribution in [3.05, 3.63) is 23.8 Å². The zero-order chi connectivity index (χ0) is 17.7. The predicted octanol–water partition coefficient (Wildman–Crippen LogP) is 3.22. The van der Waals surface area contributed by atoms with Gasteiger partial charge >= 0.3 is 12.2 Å². The molecule has 1 aromatic carbocycles. The van der Waals surface area contributed by atoms with Gasteiger partial charge in [-0.1, -0.05) is 6.07 Å². The lowest BCUT2D eigenvalue weighted by Crippen LogP contribution is -2.40. The van der Waals surface area contributed by atoms with Gasteiger partial charge in [0.05, 0.1) is 5.69 Å². The van der Waals surface area contributed by atoms with Gasteiger partial charge in [0.15, 0.2) is 6.61 Å². The molecule has 0 bridgehead atoms. The Hall–Kier alpha value is -1.96. The number of amides is 2. The molecule has 0 radical (unpaired) electrons. The molecule has 1 aliphatic rings. The minimum atomic E-state index is -4.46. The summed E-state index contributed by atoms with van der Waals surface area (Å²) in [6.45, 7) is 0.253. The van der Waals surface area contributed by atoms with E-state index < -0.39 is 18.8 Å². The average Bonchev–Trinajstić information content (AvgIpc) is 3.31. The first-order chi connectivity index (χ1) is 11.3. The number of benzene rings is 1. The summed E-state index contributed by atoms with van der Waals surface area (Å²) >= 11 is 0. The summed E-state index contributed by atoms with van der Waals surface area (Å²) in [6.07, 6.45) is -2.02. The number of rotatable bonds is 7. The van der Waals surface area contributed by atoms with E-state index in [2.05, 4.69) is 10.6 Å². The molecule has 2 rings (SSSR count). The van der Waals surface area contributed by atoms with Crippen LogP contribution in [0.15, 0.2) is 18.2 Å². The van der Waals surface area contributed by atoms with Gasteiger partial charge in [-0.15, -0.1) is 0 Å². The molecular formula is C16H21F3N2O3. The summed E-state index contributed by atoms with van der Waals surface area (Å²) in [4.78, 5) is 12.1. The number of carbonyl (C=O) groups is 1. The second-order valence-electron chi connectivity index (χ2n) is 5.96. The number of ether oxygens (including phenoxy) is 1. The third-order valence-corrected chi connectivity index (χ3v) is 3.72. The van der Waals surface area contributed by atoms with Gasteiger partial charge in [0.1, 0.15) is 5.75 Å². The molecule has 0 heterocycles. The first-order valence-corrected chi connectivity index (χ1v) is 7.77. The van der Waals surface area contributed by atoms with Crippen molar-refractivity contribution < 1.29 is 27.8 Å². The van der Waals surface area contributed by atoms with Crippen LogP contribution in [0.2, 0.25) is 0 Å². The van der Waals surface area contributed by atoms with E-state index in [-0.39, 0.29) is 24.1 Å². The largest absolute Gasteiger partial charge is 0.482 e. The van der Waals surface area contributed by atoms with E-state index in [4.69, 9.17) is 9.84 Å². The van der Waals surface area contributed by atoms with Crippen molar-refractivity contribution in [2.24, 2.45) is 5.92 Å². The molecule has 24 heavy (non-hydrogen) atoms. The zero-order valence-corrected chi connectivity index (χ0v) is 13.3. The van der Waals surface area contributed by atoms with Gasteiger partial charge in [-0.3, -0.25) is 0 Å². The number of alkyl halides is 3. The second kappa shape index (κ2) is 7.74. The molecular weight excluding hydrogens is 325 g/mol. The molecule has 0 unspecified atom stereocenters. The topological polar surface area (TPSA) is 70.6 Å². The van der Waals surface area contributed by atoms with Crippen molar-refractivity contribution in [3.63, 3.8) is 0 Å². The highest BCUT2D eigenvalue weighted by atomic mass is 19.4. The predicted molar refractivity (Wildman–Crippen MR) is 83.1 cm³/mol. The van der Waals surface area contributed by atoms with Gasteiger partial charge in [0.2, 0.25) is 0 Å². The first-order valence-electron chi connectivity index (χ1n) is 7.77. The zero-order valence-electron chi connectivity index (χ0n) is 13.3. The van der Waals surface area contributed by atoms with Crippen LogP contribution in [0.5, 0.6) is 5.75 Å². The summed E-state index contributed by atoms with van der Waals surface area (Å²) in [5.41, 5.74) is 0.884. The summed E-state index contributed by atoms with van der Waals surface area (Å²) in [5.74, 6) is 0.314. The number of aryl methyl sites for hydroxylation is 1. The number of anilines is 1. The Bertz CT molecular complexity index is 574. The van der Waals surface area contributed by atoms with Gasteiger partial charge in [-0.25, -0.2) is 4.79 Å². The number of halogens is 3. The highest BCUT2D eigenvalue weighted by molar-refractivity contribution is 5.91. The maximum absolute atomic E-state index is 12.3. The number of hydrogen-bond acceptors (Lipinski definition) is 3. The van der Waals surface area contributed by atoms with Crippen LogP contribution >= 0.6 is 0 Å². The summed E-state index contributed by atoms with van der Waals surface area (Å²) in [7, 11) is 0. The van der Waals surface area contributed by atoms with Crippen molar-refractivity contribution in [1.82, 2.24) is 5.32 Å². The molecule has 1 aliphatic carbocycles. The summed E-state index contributed by atoms with van der Waals surface area (Å²) in [5, 5.41) is 14.3. The van der Waals surface area contributed by atoms with Crippen molar-refractivity contribution in [1.29, 1.82) is 0 Å². The molecule has 0 saturated heterocycles. The van der Waals surface area contributed by atoms with Gasteiger partial charge in [-0.2, -0.15) is 13.2 Å². The third-order valence-electron chi connectivity index (χ3n) is 3.72. The Morgan fingerprint density at radius 2 is 2.12 bits per heavy atom. The van der Waals surface area contributed by atoms with E-state index in [1.54, 1.807) is 13.0 Å². The van der Waals surface area contributed by atoms with E-state index >= 15 is 0 Å². The molecule has 0 spiro atoms. The normalized spacial score (nSPS) is 15.7. The van der Waals surface area contributed by atoms with Crippen molar-refractivity contribution in [3.8, 4) is 5.75 Å². The molecule has 1 aromatic rings. The van der Waals surface area contributed by atoms with Crippen LogP contribution in [-0.2, 0) is 0 Å². The number of urea groups is 1. The molecule has 8 heteroatoms. The lowest BCUT2D eigenvalue weighted by atomic mass is 10.1. The molecule has 2 amide bonds. The lowest BCUT2D eigenvalue weighted by molar-refractivity contribution is -0.153. The van der Waals surface area contributed by atoms with E-state index in [0.29, 0.717) is 17.9 Å². The van der Waals surface area contributed by atoms with E-state index in [1.165, 1.54) is 12.1 Å². The van der Waals surface area contributed by atoms with Crippen molar-refractivity contribution >= 4 is 11.7 Å². The molecule has 1 saturated carbocycles. The Kier molecular flexibility index (Phi) is 5.93. The van der Waals surface area contributed by atoms with Crippen LogP contribution in [0, 0.1) is 12.8 Å². The molecule has 134 valence electrons. The SMILES string of the molecule is Cc1ccc(NC(=O)N[C@H](CCO)C2CC2)c(OCC(F)(F)F)c1. The summed E-state index contributed by atoms with van der Waals surface area (Å²) < 4.78 is 41.8. The van der Waals surface area contributed by atoms with E-state index in [9.17, 15) is 18.0 Å². The molecule has 0 aromatic heterocycles. The van der Waals surface area contributed by atoms with Crippen LogP contribution in [0.4, 0.5) is 23.7 Å². The number of aliphatic hydroxyl groups is 1. The maximum Gasteiger partial charge on any atom is 0.422 e. The highest BCUT2D eigenvalue weighted by Crippen LogP contribution is 2.34. The Balaban J connectivity index is 2.00. The number of nitrogens with one attached hydrogen (secondary N) is 2. The minimum absolute atomic E-state index is 0.0346. The van der Waals surface area contributed by atoms with Gasteiger partial charge in [0, 0.05) is 12.6 Å². The monoisotopic (exact) mass is 346 g/mol. The standard InChI is InChI=1S/C16H21F3N2O3/c1-10-2-5-13(14(8-10)24-9-16(17,18)19)21-15(23)20-12(6-7-22)11-3-4-11/h2,5,8,11-12,22H,3-4,6-7,9H2,1H3,(H2,20,21,23)/t12-/m1/s1. The summed E-state index contributed by atoms with van der Waals surface area (Å²) in [6, 6.07) is 3.94. The third kappa shape index (κ3) is 5.92. The van der Waals surface area contributed by atoms with Crippen LogP contribution in [0.1, 0.15) is 24.8 Å². The van der Waals surface area contributed by atoms with Crippen LogP contribution in [0.3, 0.4) is 0 Å². The van der Waals surface area contributed by atoms with Crippen molar-refractivity contribution in [2.45, 2.75) is 38.4 Å². The number of carbonyl (C=O) groups excluding carboxylic acids is 1. The van der Waals surface area contributed by atoms with Crippen LogP contribution in [0.25, 0.3) is 0 Å². The van der Waals surface area contributed by atoms with Gasteiger partial charge in [0.25, 0.3) is 0 Å². The smallest absolute Gasteiger partial charge is 0.422 e. The second-order valence-corrected chi connectivity index (χ2v) is 5.96.